The minimum Gasteiger partial charge on any atom is -0.508 e. The number of esters is 2. The molecule has 4 atom stereocenters. The molecule has 0 heterocycles. The number of hydrogen-bond donors (Lipinski definition) is 5. The van der Waals surface area contributed by atoms with Crippen LogP contribution in [0, 0.1) is 0 Å². The molecule has 1 aliphatic carbocycles. The normalized spacial score (nSPS) is 23.7. The van der Waals surface area contributed by atoms with Gasteiger partial charge in [0.05, 0.1) is 0 Å². The molecular weight excluding hydrogens is 488 g/mol. The van der Waals surface area contributed by atoms with Gasteiger partial charge in [-0.3, -0.25) is 0 Å². The summed E-state index contributed by atoms with van der Waals surface area (Å²) in [7, 11) is 1.26. The molecule has 0 spiro atoms. The fourth-order valence-corrected chi connectivity index (χ4v) is 3.85. The summed E-state index contributed by atoms with van der Waals surface area (Å²) in [4.78, 5) is 36.7. The number of carboxylic acids is 1. The number of carbonyl (C=O) groups excluding carboxylic acids is 2. The first-order valence-corrected chi connectivity index (χ1v) is 11.1. The van der Waals surface area contributed by atoms with Crippen LogP contribution in [0.5, 0.6) is 17.2 Å². The van der Waals surface area contributed by atoms with E-state index in [1.165, 1.54) is 49.6 Å². The van der Waals surface area contributed by atoms with Crippen molar-refractivity contribution in [3.8, 4) is 17.2 Å². The second kappa shape index (κ2) is 11.6. The van der Waals surface area contributed by atoms with E-state index in [1.807, 2.05) is 0 Å². The van der Waals surface area contributed by atoms with Gasteiger partial charge in [-0.15, -0.1) is 0 Å². The van der Waals surface area contributed by atoms with E-state index >= 15 is 0 Å². The molecule has 2 aromatic carbocycles. The van der Waals surface area contributed by atoms with E-state index in [4.69, 9.17) is 14.2 Å². The minimum absolute atomic E-state index is 0.0504. The van der Waals surface area contributed by atoms with Gasteiger partial charge in [0.15, 0.2) is 17.1 Å². The van der Waals surface area contributed by atoms with Gasteiger partial charge < -0.3 is 39.7 Å². The lowest BCUT2D eigenvalue weighted by Crippen LogP contribution is -2.58. The van der Waals surface area contributed by atoms with Crippen LogP contribution in [0.3, 0.4) is 0 Å². The molecule has 3 rings (SSSR count). The Labute approximate surface area is 211 Å². The Morgan fingerprint density at radius 3 is 1.84 bits per heavy atom. The van der Waals surface area contributed by atoms with E-state index in [1.54, 1.807) is 12.1 Å². The predicted octanol–water partition coefficient (Wildman–Crippen LogP) is 1.98. The van der Waals surface area contributed by atoms with Crippen LogP contribution < -0.4 is 0 Å². The van der Waals surface area contributed by atoms with Crippen LogP contribution in [0.4, 0.5) is 0 Å². The number of rotatable bonds is 8. The highest BCUT2D eigenvalue weighted by Crippen LogP contribution is 2.35. The first-order chi connectivity index (χ1) is 17.5. The largest absolute Gasteiger partial charge is 0.508 e. The number of carbonyl (C=O) groups is 3. The van der Waals surface area contributed by atoms with Crippen LogP contribution in [0.25, 0.3) is 12.2 Å². The SMILES string of the molecule is COC1C(OC(=O)/C=C/c2ccc(O)cc2)CC(O)(C(=O)O)CC1OC(=O)/C=C/c1ccc(O)c(O)c1. The summed E-state index contributed by atoms with van der Waals surface area (Å²) in [5, 5.41) is 48.5. The fourth-order valence-electron chi connectivity index (χ4n) is 3.85. The number of phenols is 3. The number of methoxy groups -OCH3 is 1. The summed E-state index contributed by atoms with van der Waals surface area (Å²) in [5.41, 5.74) is -1.41. The van der Waals surface area contributed by atoms with Crippen LogP contribution in [-0.2, 0) is 28.6 Å². The summed E-state index contributed by atoms with van der Waals surface area (Å²) in [5.74, 6) is -4.03. The van der Waals surface area contributed by atoms with E-state index in [0.29, 0.717) is 11.1 Å². The van der Waals surface area contributed by atoms with Crippen LogP contribution in [0.1, 0.15) is 24.0 Å². The molecule has 0 bridgehead atoms. The molecule has 0 saturated heterocycles. The van der Waals surface area contributed by atoms with E-state index in [0.717, 1.165) is 12.2 Å². The highest BCUT2D eigenvalue weighted by molar-refractivity contribution is 5.88. The predicted molar refractivity (Wildman–Crippen MR) is 128 cm³/mol. The van der Waals surface area contributed by atoms with Crippen molar-refractivity contribution in [2.75, 3.05) is 7.11 Å². The third-order valence-corrected chi connectivity index (χ3v) is 5.73. The molecule has 1 saturated carbocycles. The number of aromatic hydroxyl groups is 3. The quantitative estimate of drug-likeness (QED) is 0.197. The van der Waals surface area contributed by atoms with Crippen molar-refractivity contribution >= 4 is 30.1 Å². The van der Waals surface area contributed by atoms with Crippen molar-refractivity contribution in [1.82, 2.24) is 0 Å². The maximum Gasteiger partial charge on any atom is 0.335 e. The van der Waals surface area contributed by atoms with E-state index in [-0.39, 0.29) is 11.5 Å². The average molecular weight is 514 g/mol. The molecular formula is C26H26O11. The smallest absolute Gasteiger partial charge is 0.335 e. The van der Waals surface area contributed by atoms with Crippen molar-refractivity contribution in [3.05, 3.63) is 65.7 Å². The molecule has 0 aliphatic heterocycles. The molecule has 0 radical (unpaired) electrons. The summed E-state index contributed by atoms with van der Waals surface area (Å²) >= 11 is 0. The molecule has 0 amide bonds. The number of hydrogen-bond acceptors (Lipinski definition) is 10. The van der Waals surface area contributed by atoms with Gasteiger partial charge in [0.1, 0.15) is 24.1 Å². The summed E-state index contributed by atoms with van der Waals surface area (Å²) in [6.07, 6.45) is 0.144. The van der Waals surface area contributed by atoms with Crippen molar-refractivity contribution in [3.63, 3.8) is 0 Å². The monoisotopic (exact) mass is 514 g/mol. The third-order valence-electron chi connectivity index (χ3n) is 5.73. The van der Waals surface area contributed by atoms with Gasteiger partial charge >= 0.3 is 17.9 Å². The lowest BCUT2D eigenvalue weighted by molar-refractivity contribution is -0.207. The van der Waals surface area contributed by atoms with E-state index in [2.05, 4.69) is 0 Å². The number of aliphatic hydroxyl groups is 1. The highest BCUT2D eigenvalue weighted by atomic mass is 16.6. The van der Waals surface area contributed by atoms with Crippen molar-refractivity contribution in [1.29, 1.82) is 0 Å². The molecule has 196 valence electrons. The Kier molecular flexibility index (Phi) is 8.53. The maximum absolute atomic E-state index is 12.4. The molecule has 37 heavy (non-hydrogen) atoms. The van der Waals surface area contributed by atoms with Gasteiger partial charge in [0, 0.05) is 32.1 Å². The molecule has 11 heteroatoms. The Morgan fingerprint density at radius 1 is 0.838 bits per heavy atom. The first kappa shape index (κ1) is 27.2. The standard InChI is InChI=1S/C26H26O11/c1-35-24-20(36-22(30)10-5-15-2-7-17(27)8-3-15)13-26(34,25(32)33)14-21(24)37-23(31)11-6-16-4-9-18(28)19(29)12-16/h2-12,20-21,24,27-29,34H,13-14H2,1H3,(H,32,33)/b10-5+,11-6+. The third kappa shape index (κ3) is 7.09. The van der Waals surface area contributed by atoms with E-state index in [9.17, 15) is 39.9 Å². The topological polar surface area (TPSA) is 180 Å². The number of phenolic OH excluding ortho intramolecular Hbond substituents is 3. The average Bonchev–Trinajstić information content (AvgIpc) is 2.84. The number of benzene rings is 2. The zero-order chi connectivity index (χ0) is 27.2. The maximum atomic E-state index is 12.4. The van der Waals surface area contributed by atoms with Gasteiger partial charge in [0.2, 0.25) is 0 Å². The number of carboxylic acid groups (broad SMARTS) is 1. The van der Waals surface area contributed by atoms with Gasteiger partial charge in [-0.1, -0.05) is 18.2 Å². The van der Waals surface area contributed by atoms with Gasteiger partial charge in [-0.2, -0.15) is 0 Å². The molecule has 0 aromatic heterocycles. The highest BCUT2D eigenvalue weighted by Gasteiger charge is 2.53. The van der Waals surface area contributed by atoms with Crippen molar-refractivity contribution in [2.45, 2.75) is 36.8 Å². The summed E-state index contributed by atoms with van der Waals surface area (Å²) in [6, 6.07) is 9.84. The molecule has 1 fully saturated rings. The molecule has 1 aliphatic rings. The Hall–Kier alpha value is -4.35. The zero-order valence-corrected chi connectivity index (χ0v) is 19.7. The lowest BCUT2D eigenvalue weighted by Gasteiger charge is -2.41. The second-order valence-corrected chi connectivity index (χ2v) is 8.40. The molecule has 2 aromatic rings. The summed E-state index contributed by atoms with van der Waals surface area (Å²) in [6.45, 7) is 0. The zero-order valence-electron chi connectivity index (χ0n) is 19.7. The second-order valence-electron chi connectivity index (χ2n) is 8.40. The van der Waals surface area contributed by atoms with Gasteiger partial charge in [-0.25, -0.2) is 14.4 Å². The van der Waals surface area contributed by atoms with Crippen LogP contribution in [0.2, 0.25) is 0 Å². The van der Waals surface area contributed by atoms with Crippen LogP contribution >= 0.6 is 0 Å². The first-order valence-electron chi connectivity index (χ1n) is 11.1. The fraction of sp³-hybridized carbons (Fsp3) is 0.269. The van der Waals surface area contributed by atoms with Crippen LogP contribution in [0.15, 0.2) is 54.6 Å². The summed E-state index contributed by atoms with van der Waals surface area (Å²) < 4.78 is 16.1. The van der Waals surface area contributed by atoms with Crippen molar-refractivity contribution < 1.29 is 54.1 Å². The molecule has 5 N–H and O–H groups in total. The number of aliphatic carboxylic acids is 1. The Bertz CT molecular complexity index is 1200. The van der Waals surface area contributed by atoms with Gasteiger partial charge in [-0.05, 0) is 47.5 Å². The van der Waals surface area contributed by atoms with Crippen molar-refractivity contribution in [2.24, 2.45) is 0 Å². The minimum atomic E-state index is -2.36. The van der Waals surface area contributed by atoms with Crippen LogP contribution in [-0.4, -0.2) is 74.5 Å². The van der Waals surface area contributed by atoms with E-state index < -0.39 is 60.4 Å². The Morgan fingerprint density at radius 2 is 1.35 bits per heavy atom. The molecule has 4 unspecified atom stereocenters. The number of ether oxygens (including phenoxy) is 3. The lowest BCUT2D eigenvalue weighted by atomic mass is 9.79. The van der Waals surface area contributed by atoms with Gasteiger partial charge in [0.25, 0.3) is 0 Å². The molecule has 11 nitrogen and oxygen atoms in total. The Balaban J connectivity index is 1.74.